The Balaban J connectivity index is 1.78. The average molecular weight is 375 g/mol. The number of benzene rings is 2. The Labute approximate surface area is 154 Å². The number of nitrogens with zero attached hydrogens (tertiary/aromatic N) is 2. The fourth-order valence-electron chi connectivity index (χ4n) is 2.93. The van der Waals surface area contributed by atoms with Gasteiger partial charge in [-0.25, -0.2) is 4.79 Å². The Morgan fingerprint density at radius 1 is 1.07 bits per heavy atom. The van der Waals surface area contributed by atoms with Crippen molar-refractivity contribution < 1.29 is 18.3 Å². The summed E-state index contributed by atoms with van der Waals surface area (Å²) in [5.74, 6) is -0.388. The molecule has 0 saturated heterocycles. The molecule has 3 rings (SSSR count). The van der Waals surface area contributed by atoms with E-state index in [0.717, 1.165) is 11.9 Å². The predicted molar refractivity (Wildman–Crippen MR) is 98.2 cm³/mol. The summed E-state index contributed by atoms with van der Waals surface area (Å²) in [6, 6.07) is 12.9. The van der Waals surface area contributed by atoms with Crippen LogP contribution >= 0.6 is 0 Å². The summed E-state index contributed by atoms with van der Waals surface area (Å²) in [5, 5.41) is 2.65. The van der Waals surface area contributed by atoms with Crippen LogP contribution in [0.25, 0.3) is 11.0 Å². The highest BCUT2D eigenvalue weighted by Gasteiger charge is 2.15. The maximum atomic E-state index is 12.7. The molecule has 0 aliphatic carbocycles. The van der Waals surface area contributed by atoms with E-state index < -0.39 is 6.61 Å². The van der Waals surface area contributed by atoms with Gasteiger partial charge in [-0.2, -0.15) is 8.78 Å². The zero-order chi connectivity index (χ0) is 19.4. The molecule has 6 nitrogen and oxygen atoms in total. The van der Waals surface area contributed by atoms with Gasteiger partial charge in [0.25, 0.3) is 0 Å². The first-order valence-corrected chi connectivity index (χ1v) is 8.52. The van der Waals surface area contributed by atoms with Gasteiger partial charge < -0.3 is 10.1 Å². The SMILES string of the molecule is CCCn1c(=O)n(CC(=O)Nc2ccc(OC(F)F)cc2)c2ccccc21. The van der Waals surface area contributed by atoms with E-state index in [1.54, 1.807) is 10.6 Å². The van der Waals surface area contributed by atoms with Gasteiger partial charge in [0.05, 0.1) is 11.0 Å². The topological polar surface area (TPSA) is 65.3 Å². The first-order chi connectivity index (χ1) is 13.0. The monoisotopic (exact) mass is 375 g/mol. The molecule has 8 heteroatoms. The quantitative estimate of drug-likeness (QED) is 0.688. The lowest BCUT2D eigenvalue weighted by Crippen LogP contribution is -2.29. The number of fused-ring (bicyclic) bond motifs is 1. The zero-order valence-electron chi connectivity index (χ0n) is 14.7. The van der Waals surface area contributed by atoms with E-state index in [0.29, 0.717) is 17.7 Å². The standard InChI is InChI=1S/C19H19F2N3O3/c1-2-11-23-15-5-3-4-6-16(15)24(19(23)26)12-17(25)22-13-7-9-14(10-8-13)27-18(20)21/h3-10,18H,2,11-12H2,1H3,(H,22,25). The molecule has 142 valence electrons. The summed E-state index contributed by atoms with van der Waals surface area (Å²) in [6.45, 7) is -0.504. The fourth-order valence-corrected chi connectivity index (χ4v) is 2.93. The molecular formula is C19H19F2N3O3. The molecule has 0 fully saturated rings. The van der Waals surface area contributed by atoms with E-state index >= 15 is 0 Å². The second kappa shape index (κ2) is 8.03. The van der Waals surface area contributed by atoms with Crippen LogP contribution in [0.15, 0.2) is 53.3 Å². The van der Waals surface area contributed by atoms with E-state index in [4.69, 9.17) is 0 Å². The number of aromatic nitrogens is 2. The Kier molecular flexibility index (Phi) is 5.54. The number of hydrogen-bond acceptors (Lipinski definition) is 3. The van der Waals surface area contributed by atoms with Gasteiger partial charge in [-0.3, -0.25) is 13.9 Å². The largest absolute Gasteiger partial charge is 0.435 e. The Bertz CT molecular complexity index is 994. The predicted octanol–water partition coefficient (Wildman–Crippen LogP) is 3.45. The number of rotatable bonds is 7. The molecule has 1 aromatic heterocycles. The van der Waals surface area contributed by atoms with Gasteiger partial charge in [0.1, 0.15) is 12.3 Å². The van der Waals surface area contributed by atoms with Gasteiger partial charge in [0.15, 0.2) is 0 Å². The van der Waals surface area contributed by atoms with Gasteiger partial charge in [0, 0.05) is 12.2 Å². The second-order valence-electron chi connectivity index (χ2n) is 5.96. The molecule has 3 aromatic rings. The first-order valence-electron chi connectivity index (χ1n) is 8.52. The number of hydrogen-bond donors (Lipinski definition) is 1. The molecule has 0 atom stereocenters. The van der Waals surface area contributed by atoms with E-state index in [2.05, 4.69) is 10.1 Å². The lowest BCUT2D eigenvalue weighted by molar-refractivity contribution is -0.116. The van der Waals surface area contributed by atoms with E-state index in [1.165, 1.54) is 28.8 Å². The maximum absolute atomic E-state index is 12.7. The van der Waals surface area contributed by atoms with Crippen molar-refractivity contribution in [1.82, 2.24) is 9.13 Å². The van der Waals surface area contributed by atoms with Gasteiger partial charge in [-0.05, 0) is 42.8 Å². The van der Waals surface area contributed by atoms with Crippen LogP contribution in [0.4, 0.5) is 14.5 Å². The summed E-state index contributed by atoms with van der Waals surface area (Å²) in [7, 11) is 0. The summed E-state index contributed by atoms with van der Waals surface area (Å²) in [5.41, 5.74) is 1.65. The second-order valence-corrected chi connectivity index (χ2v) is 5.96. The molecule has 0 bridgehead atoms. The lowest BCUT2D eigenvalue weighted by atomic mass is 10.3. The van der Waals surface area contributed by atoms with Crippen LogP contribution in [-0.4, -0.2) is 21.7 Å². The smallest absolute Gasteiger partial charge is 0.387 e. The van der Waals surface area contributed by atoms with Crippen molar-refractivity contribution in [2.45, 2.75) is 33.0 Å². The number of anilines is 1. The number of ether oxygens (including phenoxy) is 1. The molecule has 1 N–H and O–H groups in total. The van der Waals surface area contributed by atoms with E-state index in [1.807, 2.05) is 25.1 Å². The van der Waals surface area contributed by atoms with Crippen LogP contribution in [0.5, 0.6) is 5.75 Å². The summed E-state index contributed by atoms with van der Waals surface area (Å²) >= 11 is 0. The zero-order valence-corrected chi connectivity index (χ0v) is 14.7. The van der Waals surface area contributed by atoms with Crippen LogP contribution in [0, 0.1) is 0 Å². The maximum Gasteiger partial charge on any atom is 0.387 e. The van der Waals surface area contributed by atoms with Crippen LogP contribution in [0.2, 0.25) is 0 Å². The number of imidazole rings is 1. The number of alkyl halides is 2. The minimum Gasteiger partial charge on any atom is -0.435 e. The number of carbonyl (C=O) groups excluding carboxylic acids is 1. The third-order valence-electron chi connectivity index (χ3n) is 4.04. The van der Waals surface area contributed by atoms with Gasteiger partial charge >= 0.3 is 12.3 Å². The highest BCUT2D eigenvalue weighted by atomic mass is 19.3. The number of amides is 1. The number of halogens is 2. The molecular weight excluding hydrogens is 356 g/mol. The summed E-state index contributed by atoms with van der Waals surface area (Å²) < 4.78 is 31.7. The number of carbonyl (C=O) groups is 1. The average Bonchev–Trinajstić information content (AvgIpc) is 2.89. The molecule has 0 aliphatic rings. The molecule has 2 aromatic carbocycles. The normalized spacial score (nSPS) is 11.1. The van der Waals surface area contributed by atoms with Crippen LogP contribution in [0.1, 0.15) is 13.3 Å². The Morgan fingerprint density at radius 2 is 1.70 bits per heavy atom. The molecule has 0 saturated carbocycles. The molecule has 1 heterocycles. The van der Waals surface area contributed by atoms with Gasteiger partial charge in [-0.1, -0.05) is 19.1 Å². The molecule has 1 amide bonds. The summed E-state index contributed by atoms with van der Waals surface area (Å²) in [4.78, 5) is 25.0. The minimum atomic E-state index is -2.90. The van der Waals surface area contributed by atoms with Gasteiger partial charge in [-0.15, -0.1) is 0 Å². The van der Waals surface area contributed by atoms with Crippen molar-refractivity contribution in [3.05, 3.63) is 59.0 Å². The first kappa shape index (κ1) is 18.6. The van der Waals surface area contributed by atoms with Crippen molar-refractivity contribution in [2.24, 2.45) is 0 Å². The van der Waals surface area contributed by atoms with Crippen molar-refractivity contribution in [2.75, 3.05) is 5.32 Å². The lowest BCUT2D eigenvalue weighted by Gasteiger charge is -2.08. The molecule has 0 unspecified atom stereocenters. The van der Waals surface area contributed by atoms with Crippen LogP contribution in [0.3, 0.4) is 0 Å². The Morgan fingerprint density at radius 3 is 2.30 bits per heavy atom. The molecule has 27 heavy (non-hydrogen) atoms. The highest BCUT2D eigenvalue weighted by molar-refractivity contribution is 5.91. The fraction of sp³-hybridized carbons (Fsp3) is 0.263. The molecule has 0 aliphatic heterocycles. The van der Waals surface area contributed by atoms with Gasteiger partial charge in [0.2, 0.25) is 5.91 Å². The number of aryl methyl sites for hydroxylation is 1. The molecule has 0 radical (unpaired) electrons. The van der Waals surface area contributed by atoms with Crippen LogP contribution in [-0.2, 0) is 17.9 Å². The summed E-state index contributed by atoms with van der Waals surface area (Å²) in [6.07, 6.45) is 0.799. The third-order valence-corrected chi connectivity index (χ3v) is 4.04. The van der Waals surface area contributed by atoms with Crippen molar-refractivity contribution in [3.63, 3.8) is 0 Å². The van der Waals surface area contributed by atoms with Crippen LogP contribution < -0.4 is 15.7 Å². The van der Waals surface area contributed by atoms with E-state index in [-0.39, 0.29) is 23.9 Å². The number of nitrogens with one attached hydrogen (secondary N) is 1. The molecule has 0 spiro atoms. The van der Waals surface area contributed by atoms with Crippen molar-refractivity contribution in [3.8, 4) is 5.75 Å². The van der Waals surface area contributed by atoms with Crippen molar-refractivity contribution >= 4 is 22.6 Å². The number of para-hydroxylation sites is 2. The van der Waals surface area contributed by atoms with E-state index in [9.17, 15) is 18.4 Å². The Hall–Kier alpha value is -3.16. The highest BCUT2D eigenvalue weighted by Crippen LogP contribution is 2.18. The third kappa shape index (κ3) is 4.16. The minimum absolute atomic E-state index is 0.00172. The van der Waals surface area contributed by atoms with Crippen molar-refractivity contribution in [1.29, 1.82) is 0 Å².